The molecule has 1 unspecified atom stereocenters. The molecule has 1 fully saturated rings. The van der Waals surface area contributed by atoms with E-state index in [1.807, 2.05) is 6.08 Å². The predicted octanol–water partition coefficient (Wildman–Crippen LogP) is 0.0760. The Morgan fingerprint density at radius 2 is 2.22 bits per heavy atom. The number of hydrogen-bond donors (Lipinski definition) is 3. The van der Waals surface area contributed by atoms with Gasteiger partial charge in [0.2, 0.25) is 15.7 Å². The first-order valence-electron chi connectivity index (χ1n) is 8.77. The maximum Gasteiger partial charge on any atom is 0.229 e. The summed E-state index contributed by atoms with van der Waals surface area (Å²) >= 11 is 0. The normalized spacial score (nSPS) is 24.9. The van der Waals surface area contributed by atoms with Crippen LogP contribution in [0.5, 0.6) is 0 Å². The number of nitrogens with zero attached hydrogens (tertiary/aromatic N) is 4. The number of allylic oxidation sites excluding steroid dienone is 3. The lowest BCUT2D eigenvalue weighted by Crippen LogP contribution is -2.39. The number of aryl methyl sites for hydroxylation is 1. The molecule has 2 aliphatic rings. The van der Waals surface area contributed by atoms with E-state index in [4.69, 9.17) is 5.73 Å². The van der Waals surface area contributed by atoms with E-state index in [9.17, 15) is 13.5 Å². The molecular weight excluding hydrogens is 368 g/mol. The molecule has 1 atom stereocenters. The number of piperidine rings is 1. The van der Waals surface area contributed by atoms with Crippen molar-refractivity contribution in [2.24, 2.45) is 12.0 Å². The number of nitrogens with one attached hydrogen (secondary N) is 1. The van der Waals surface area contributed by atoms with E-state index in [1.165, 1.54) is 10.9 Å². The number of aliphatic imine (C=N–C) groups is 1. The van der Waals surface area contributed by atoms with Crippen LogP contribution in [-0.4, -0.2) is 64.8 Å². The molecule has 0 bridgehead atoms. The summed E-state index contributed by atoms with van der Waals surface area (Å²) in [4.78, 5) is 4.47. The second-order valence-electron chi connectivity index (χ2n) is 6.75. The summed E-state index contributed by atoms with van der Waals surface area (Å²) in [6, 6.07) is 0.0293. The first-order chi connectivity index (χ1) is 12.8. The minimum Gasteiger partial charge on any atom is -0.389 e. The molecule has 1 aromatic rings. The minimum absolute atomic E-state index is 0.0293. The number of nitrogens with two attached hydrogens (primary N) is 1. The van der Waals surface area contributed by atoms with Gasteiger partial charge in [-0.15, -0.1) is 0 Å². The molecule has 0 spiro atoms. The van der Waals surface area contributed by atoms with Crippen molar-refractivity contribution < 1.29 is 18.1 Å². The third-order valence-corrected chi connectivity index (χ3v) is 5.24. The smallest absolute Gasteiger partial charge is 0.229 e. The molecule has 1 aromatic heterocycles. The van der Waals surface area contributed by atoms with Crippen molar-refractivity contribution in [2.75, 3.05) is 25.1 Å². The summed E-state index contributed by atoms with van der Waals surface area (Å²) in [6.45, 7) is 0.878. The molecule has 10 heteroatoms. The second-order valence-corrected chi connectivity index (χ2v) is 8.50. The molecule has 1 aliphatic carbocycles. The maximum atomic E-state index is 11.8. The molecule has 0 radical (unpaired) electrons. The Labute approximate surface area is 158 Å². The van der Waals surface area contributed by atoms with Gasteiger partial charge in [0.05, 0.1) is 23.9 Å². The Morgan fingerprint density at radius 3 is 2.85 bits per heavy atom. The first-order valence-corrected chi connectivity index (χ1v) is 10.7. The van der Waals surface area contributed by atoms with Crippen LogP contribution in [0.15, 0.2) is 35.1 Å². The van der Waals surface area contributed by atoms with Crippen LogP contribution in [0.4, 0.5) is 11.5 Å². The van der Waals surface area contributed by atoms with Gasteiger partial charge in [0.25, 0.3) is 0 Å². The van der Waals surface area contributed by atoms with Crippen molar-refractivity contribution in [2.45, 2.75) is 25.3 Å². The van der Waals surface area contributed by atoms with Crippen molar-refractivity contribution in [3.05, 3.63) is 30.1 Å². The monoisotopic (exact) mass is 393 g/mol. The van der Waals surface area contributed by atoms with Crippen LogP contribution in [0.3, 0.4) is 0 Å². The van der Waals surface area contributed by atoms with Crippen LogP contribution in [0.1, 0.15) is 19.3 Å². The van der Waals surface area contributed by atoms with Gasteiger partial charge < -0.3 is 10.8 Å². The average molecular weight is 393 g/mol. The fourth-order valence-electron chi connectivity index (χ4n) is 3.26. The number of anilines is 1. The highest BCUT2D eigenvalue weighted by Gasteiger charge is 2.28. The van der Waals surface area contributed by atoms with Crippen LogP contribution in [0.25, 0.3) is 0 Å². The van der Waals surface area contributed by atoms with Crippen LogP contribution in [0.2, 0.25) is 0 Å². The van der Waals surface area contributed by atoms with Gasteiger partial charge in [-0.25, -0.2) is 18.0 Å². The van der Waals surface area contributed by atoms with Crippen molar-refractivity contribution in [1.82, 2.24) is 14.5 Å². The van der Waals surface area contributed by atoms with Crippen LogP contribution in [-0.2, 0) is 17.1 Å². The number of nitrogen functional groups attached to an aromatic ring is 1. The van der Waals surface area contributed by atoms with Gasteiger partial charge in [-0.1, -0.05) is 0 Å². The number of hydrogen-bond acceptors (Lipinski definition) is 6. The van der Waals surface area contributed by atoms with Crippen molar-refractivity contribution in [3.8, 4) is 0 Å². The van der Waals surface area contributed by atoms with Gasteiger partial charge in [-0.05, 0) is 12.5 Å². The third kappa shape index (κ3) is 4.45. The Bertz CT molecular complexity index is 955. The largest absolute Gasteiger partial charge is 0.389 e. The van der Waals surface area contributed by atoms with Gasteiger partial charge in [0.15, 0.2) is 6.04 Å². The highest BCUT2D eigenvalue weighted by Crippen LogP contribution is 2.23. The highest BCUT2D eigenvalue weighted by molar-refractivity contribution is 7.88. The molecule has 9 nitrogen and oxygen atoms in total. The Hall–Kier alpha value is -2.46. The third-order valence-electron chi connectivity index (χ3n) is 4.65. The van der Waals surface area contributed by atoms with Crippen LogP contribution < -0.4 is 10.5 Å². The summed E-state index contributed by atoms with van der Waals surface area (Å²) in [7, 11) is -1.79. The van der Waals surface area contributed by atoms with E-state index < -0.39 is 10.0 Å². The highest BCUT2D eigenvalue weighted by atomic mass is 32.2. The maximum absolute atomic E-state index is 11.8. The Balaban J connectivity index is 2.05. The zero-order valence-corrected chi connectivity index (χ0v) is 16.3. The lowest BCUT2D eigenvalue weighted by molar-refractivity contribution is -0.577. The average Bonchev–Trinajstić information content (AvgIpc) is 2.94. The fourth-order valence-corrected chi connectivity index (χ4v) is 3.83. The van der Waals surface area contributed by atoms with Crippen LogP contribution in [0, 0.1) is 0 Å². The standard InChI is InChI=1S/C17H24N6O3S/c1-22-17(18)16(10-19-22)20-14-7-6-12(9-15(14)21-27(2,25)26)23-8-4-3-5-13(23)11-24/h6-7,9-10,13,24H,3-5,8,11H2,1-2H3,(H2,18,19,21)/p+1. The molecule has 0 saturated carbocycles. The quantitative estimate of drug-likeness (QED) is 0.493. The molecule has 1 saturated heterocycles. The molecular formula is C17H25N6O3S+. The SMILES string of the molecule is Cn1ncc(/N=C2C=C/C(=[N+]3/CCCCC3CO)C=C/2NS(C)(=O)=O)c1N. The Kier molecular flexibility index (Phi) is 5.47. The molecule has 2 heterocycles. The zero-order chi connectivity index (χ0) is 19.6. The van der Waals surface area contributed by atoms with Gasteiger partial charge in [0, 0.05) is 32.0 Å². The van der Waals surface area contributed by atoms with Crippen molar-refractivity contribution >= 4 is 33.0 Å². The van der Waals surface area contributed by atoms with E-state index in [1.54, 1.807) is 19.2 Å². The summed E-state index contributed by atoms with van der Waals surface area (Å²) in [5, 5.41) is 13.7. The molecule has 3 rings (SSSR count). The van der Waals surface area contributed by atoms with Gasteiger partial charge >= 0.3 is 0 Å². The van der Waals surface area contributed by atoms with Gasteiger partial charge in [-0.2, -0.15) is 5.10 Å². The van der Waals surface area contributed by atoms with Crippen molar-refractivity contribution in [1.29, 1.82) is 0 Å². The number of aliphatic hydroxyl groups is 1. The summed E-state index contributed by atoms with van der Waals surface area (Å²) in [6.07, 6.45) is 11.0. The molecule has 1 aliphatic heterocycles. The van der Waals surface area contributed by atoms with E-state index in [-0.39, 0.29) is 12.6 Å². The minimum atomic E-state index is -3.49. The topological polar surface area (TPSA) is 126 Å². The number of aliphatic hydroxyl groups excluding tert-OH is 1. The molecule has 146 valence electrons. The summed E-state index contributed by atoms with van der Waals surface area (Å²) < 4.78 is 29.8. The second kappa shape index (κ2) is 7.65. The zero-order valence-electron chi connectivity index (χ0n) is 15.5. The predicted molar refractivity (Wildman–Crippen MR) is 105 cm³/mol. The molecule has 27 heavy (non-hydrogen) atoms. The lowest BCUT2D eigenvalue weighted by Gasteiger charge is -2.22. The first kappa shape index (κ1) is 19.3. The summed E-state index contributed by atoms with van der Waals surface area (Å²) in [5.74, 6) is 0.390. The van der Waals surface area contributed by atoms with Gasteiger partial charge in [-0.3, -0.25) is 9.40 Å². The van der Waals surface area contributed by atoms with Crippen LogP contribution >= 0.6 is 0 Å². The van der Waals surface area contributed by atoms with E-state index >= 15 is 0 Å². The van der Waals surface area contributed by atoms with Crippen molar-refractivity contribution in [3.63, 3.8) is 0 Å². The lowest BCUT2D eigenvalue weighted by atomic mass is 10.0. The summed E-state index contributed by atoms with van der Waals surface area (Å²) in [5.41, 5.74) is 8.06. The fraction of sp³-hybridized carbons (Fsp3) is 0.471. The number of rotatable bonds is 4. The van der Waals surface area contributed by atoms with E-state index in [2.05, 4.69) is 19.4 Å². The number of aromatic nitrogens is 2. The molecule has 4 N–H and O–H groups in total. The van der Waals surface area contributed by atoms with Gasteiger partial charge in [0.1, 0.15) is 24.7 Å². The van der Waals surface area contributed by atoms with E-state index in [0.29, 0.717) is 22.9 Å². The number of sulfonamides is 1. The Morgan fingerprint density at radius 1 is 1.44 bits per heavy atom. The molecule has 0 amide bonds. The molecule has 0 aromatic carbocycles. The van der Waals surface area contributed by atoms with E-state index in [0.717, 1.165) is 37.8 Å².